The van der Waals surface area contributed by atoms with Gasteiger partial charge in [-0.2, -0.15) is 5.26 Å². The molecule has 0 saturated heterocycles. The van der Waals surface area contributed by atoms with Crippen LogP contribution in [0.2, 0.25) is 0 Å². The highest BCUT2D eigenvalue weighted by Gasteiger charge is 2.24. The van der Waals surface area contributed by atoms with Crippen LogP contribution in [0.5, 0.6) is 0 Å². The van der Waals surface area contributed by atoms with Gasteiger partial charge < -0.3 is 9.73 Å². The van der Waals surface area contributed by atoms with Gasteiger partial charge in [-0.25, -0.2) is 0 Å². The summed E-state index contributed by atoms with van der Waals surface area (Å²) in [6.45, 7) is 2.08. The van der Waals surface area contributed by atoms with E-state index in [1.165, 1.54) is 18.2 Å². The van der Waals surface area contributed by atoms with Gasteiger partial charge in [0.2, 0.25) is 0 Å². The summed E-state index contributed by atoms with van der Waals surface area (Å²) in [5.74, 6) is -0.414. The summed E-state index contributed by atoms with van der Waals surface area (Å²) in [5.41, 5.74) is -0.123. The Morgan fingerprint density at radius 1 is 1.50 bits per heavy atom. The van der Waals surface area contributed by atoms with Crippen LogP contribution < -0.4 is 5.32 Å². The first-order valence-electron chi connectivity index (χ1n) is 7.18. The van der Waals surface area contributed by atoms with Crippen LogP contribution in [0.15, 0.2) is 22.1 Å². The molecule has 1 heterocycles. The van der Waals surface area contributed by atoms with E-state index in [4.69, 9.17) is 9.68 Å². The van der Waals surface area contributed by atoms with E-state index in [1.807, 2.05) is 6.07 Å². The first-order valence-corrected chi connectivity index (χ1v) is 7.18. The highest BCUT2D eigenvalue weighted by atomic mass is 16.6. The average molecular weight is 303 g/mol. The number of rotatable bonds is 4. The topological polar surface area (TPSA) is 109 Å². The van der Waals surface area contributed by atoms with E-state index >= 15 is 0 Å². The molecule has 1 N–H and O–H groups in total. The van der Waals surface area contributed by atoms with Crippen molar-refractivity contribution in [2.24, 2.45) is 5.92 Å². The molecule has 1 aliphatic carbocycles. The maximum Gasteiger partial charge on any atom is 0.433 e. The number of nitriles is 1. The van der Waals surface area contributed by atoms with E-state index in [2.05, 4.69) is 12.2 Å². The second kappa shape index (κ2) is 6.89. The van der Waals surface area contributed by atoms with Crippen molar-refractivity contribution in [2.75, 3.05) is 0 Å². The minimum atomic E-state index is -0.673. The van der Waals surface area contributed by atoms with Crippen molar-refractivity contribution in [1.29, 1.82) is 5.26 Å². The van der Waals surface area contributed by atoms with Gasteiger partial charge >= 0.3 is 5.88 Å². The van der Waals surface area contributed by atoms with Crippen LogP contribution in [0.1, 0.15) is 38.4 Å². The van der Waals surface area contributed by atoms with Gasteiger partial charge in [-0.05, 0) is 24.8 Å². The van der Waals surface area contributed by atoms with Gasteiger partial charge in [0.05, 0.1) is 6.07 Å². The van der Waals surface area contributed by atoms with E-state index in [0.717, 1.165) is 25.7 Å². The van der Waals surface area contributed by atoms with Crippen LogP contribution in [0.25, 0.3) is 6.08 Å². The zero-order valence-electron chi connectivity index (χ0n) is 12.2. The van der Waals surface area contributed by atoms with Crippen LogP contribution in [-0.2, 0) is 4.79 Å². The molecular weight excluding hydrogens is 286 g/mol. The molecule has 1 aliphatic rings. The quantitative estimate of drug-likeness (QED) is 0.398. The van der Waals surface area contributed by atoms with Gasteiger partial charge in [0.15, 0.2) is 0 Å². The average Bonchev–Trinajstić information content (AvgIpc) is 2.96. The second-order valence-corrected chi connectivity index (χ2v) is 5.44. The Morgan fingerprint density at radius 2 is 2.23 bits per heavy atom. The van der Waals surface area contributed by atoms with Gasteiger partial charge in [-0.3, -0.25) is 14.9 Å². The number of nitrogens with zero attached hydrogens (tertiary/aromatic N) is 2. The number of nitro groups is 1. The van der Waals surface area contributed by atoms with E-state index in [-0.39, 0.29) is 17.4 Å². The summed E-state index contributed by atoms with van der Waals surface area (Å²) in [6, 6.07) is 4.41. The Balaban J connectivity index is 2.09. The molecule has 0 spiro atoms. The smallest absolute Gasteiger partial charge is 0.401 e. The predicted molar refractivity (Wildman–Crippen MR) is 78.5 cm³/mol. The number of amides is 1. The maximum absolute atomic E-state index is 12.2. The third-order valence-electron chi connectivity index (χ3n) is 3.87. The summed E-state index contributed by atoms with van der Waals surface area (Å²) in [4.78, 5) is 22.0. The van der Waals surface area contributed by atoms with E-state index in [9.17, 15) is 14.9 Å². The van der Waals surface area contributed by atoms with Gasteiger partial charge in [0.25, 0.3) is 5.91 Å². The Hall–Kier alpha value is -2.62. The zero-order valence-corrected chi connectivity index (χ0v) is 12.2. The van der Waals surface area contributed by atoms with Crippen molar-refractivity contribution in [3.63, 3.8) is 0 Å². The van der Waals surface area contributed by atoms with Crippen molar-refractivity contribution in [2.45, 2.75) is 38.6 Å². The van der Waals surface area contributed by atoms with Crippen LogP contribution in [0.4, 0.5) is 5.88 Å². The lowest BCUT2D eigenvalue weighted by Crippen LogP contribution is -2.41. The molecule has 0 aromatic carbocycles. The summed E-state index contributed by atoms with van der Waals surface area (Å²) >= 11 is 0. The molecule has 1 aromatic heterocycles. The van der Waals surface area contributed by atoms with Gasteiger partial charge in [0.1, 0.15) is 22.3 Å². The SMILES string of the molecule is C[C@@H]1CCCC[C@@H]1NC(=O)/C(C#N)=C/c1ccc([N+](=O)[O-])o1. The fourth-order valence-electron chi connectivity index (χ4n) is 2.59. The van der Waals surface area contributed by atoms with Crippen LogP contribution in [0.3, 0.4) is 0 Å². The molecule has 2 atom stereocenters. The fourth-order valence-corrected chi connectivity index (χ4v) is 2.59. The minimum Gasteiger partial charge on any atom is -0.401 e. The molecule has 0 bridgehead atoms. The molecule has 2 rings (SSSR count). The lowest BCUT2D eigenvalue weighted by molar-refractivity contribution is -0.402. The molecule has 0 radical (unpaired) electrons. The maximum atomic E-state index is 12.2. The number of carbonyl (C=O) groups is 1. The molecule has 7 heteroatoms. The van der Waals surface area contributed by atoms with Crippen LogP contribution in [-0.4, -0.2) is 16.9 Å². The molecule has 1 fully saturated rings. The highest BCUT2D eigenvalue weighted by molar-refractivity contribution is 6.01. The lowest BCUT2D eigenvalue weighted by Gasteiger charge is -2.29. The van der Waals surface area contributed by atoms with Crippen molar-refractivity contribution in [1.82, 2.24) is 5.32 Å². The highest BCUT2D eigenvalue weighted by Crippen LogP contribution is 2.24. The molecule has 0 unspecified atom stereocenters. The number of nitrogens with one attached hydrogen (secondary N) is 1. The Bertz CT molecular complexity index is 641. The van der Waals surface area contributed by atoms with E-state index < -0.39 is 16.7 Å². The molecular formula is C15H17N3O4. The molecule has 1 aromatic rings. The van der Waals surface area contributed by atoms with Crippen molar-refractivity contribution >= 4 is 17.9 Å². The van der Waals surface area contributed by atoms with Gasteiger partial charge in [0, 0.05) is 12.1 Å². The van der Waals surface area contributed by atoms with Gasteiger partial charge in [-0.15, -0.1) is 0 Å². The third-order valence-corrected chi connectivity index (χ3v) is 3.87. The number of carbonyl (C=O) groups excluding carboxylic acids is 1. The molecule has 7 nitrogen and oxygen atoms in total. The Labute approximate surface area is 127 Å². The van der Waals surface area contributed by atoms with Crippen molar-refractivity contribution in [3.05, 3.63) is 33.6 Å². The van der Waals surface area contributed by atoms with Crippen molar-refractivity contribution < 1.29 is 14.1 Å². The molecule has 116 valence electrons. The monoisotopic (exact) mass is 303 g/mol. The largest absolute Gasteiger partial charge is 0.433 e. The number of hydrogen-bond donors (Lipinski definition) is 1. The first kappa shape index (κ1) is 15.8. The van der Waals surface area contributed by atoms with E-state index in [0.29, 0.717) is 5.92 Å². The normalized spacial score (nSPS) is 21.9. The van der Waals surface area contributed by atoms with Crippen molar-refractivity contribution in [3.8, 4) is 6.07 Å². The second-order valence-electron chi connectivity index (χ2n) is 5.44. The summed E-state index contributed by atoms with van der Waals surface area (Å²) < 4.78 is 4.93. The van der Waals surface area contributed by atoms with Gasteiger partial charge in [-0.1, -0.05) is 19.8 Å². The molecule has 1 saturated carbocycles. The zero-order chi connectivity index (χ0) is 16.1. The summed E-state index contributed by atoms with van der Waals surface area (Å²) in [5, 5.41) is 22.5. The van der Waals surface area contributed by atoms with Crippen LogP contribution >= 0.6 is 0 Å². The molecule has 22 heavy (non-hydrogen) atoms. The molecule has 0 aliphatic heterocycles. The summed E-state index contributed by atoms with van der Waals surface area (Å²) in [7, 11) is 0. The number of furan rings is 1. The first-order chi connectivity index (χ1) is 10.5. The Kier molecular flexibility index (Phi) is 4.94. The predicted octanol–water partition coefficient (Wildman–Crippen LogP) is 2.79. The van der Waals surface area contributed by atoms with E-state index in [1.54, 1.807) is 0 Å². The molecule has 1 amide bonds. The number of hydrogen-bond acceptors (Lipinski definition) is 5. The standard InChI is InChI=1S/C15H17N3O4/c1-10-4-2-3-5-13(10)17-15(19)11(9-16)8-12-6-7-14(22-12)18(20)21/h6-8,10,13H,2-5H2,1H3,(H,17,19)/b11-8+/t10-,13+/m1/s1. The summed E-state index contributed by atoms with van der Waals surface area (Å²) in [6.07, 6.45) is 5.39. The van der Waals surface area contributed by atoms with Crippen LogP contribution in [0, 0.1) is 27.4 Å². The fraction of sp³-hybridized carbons (Fsp3) is 0.467. The third kappa shape index (κ3) is 3.73. The minimum absolute atomic E-state index is 0.0592. The Morgan fingerprint density at radius 3 is 2.82 bits per heavy atom. The lowest BCUT2D eigenvalue weighted by atomic mass is 9.86.